The number of anilines is 1. The van der Waals surface area contributed by atoms with Crippen molar-refractivity contribution in [3.05, 3.63) is 45.8 Å². The summed E-state index contributed by atoms with van der Waals surface area (Å²) in [5.74, 6) is -0.676. The number of ether oxygens (including phenoxy) is 1. The van der Waals surface area contributed by atoms with Crippen molar-refractivity contribution in [1.29, 1.82) is 0 Å². The van der Waals surface area contributed by atoms with Crippen molar-refractivity contribution in [3.8, 4) is 0 Å². The van der Waals surface area contributed by atoms with Crippen LogP contribution in [0.15, 0.2) is 29.2 Å². The van der Waals surface area contributed by atoms with E-state index in [2.05, 4.69) is 10.4 Å². The lowest BCUT2D eigenvalue weighted by Crippen LogP contribution is -2.40. The van der Waals surface area contributed by atoms with Crippen molar-refractivity contribution in [2.24, 2.45) is 0 Å². The molecular weight excluding hydrogens is 440 g/mol. The molecule has 2 heterocycles. The minimum atomic E-state index is -3.69. The SMILES string of the molecule is Cc1c([N+](=O)[O-])c(C(F)F)nn1CC(=O)Nc1ccc(S(=O)(=O)N2CCOCC2)cc1. The van der Waals surface area contributed by atoms with Gasteiger partial charge in [-0.3, -0.25) is 19.6 Å². The molecular formula is C17H19F2N5O6S. The molecule has 1 aromatic carbocycles. The number of nitro groups is 1. The van der Waals surface area contributed by atoms with Gasteiger partial charge in [0.1, 0.15) is 12.2 Å². The Kier molecular flexibility index (Phi) is 6.62. The van der Waals surface area contributed by atoms with E-state index in [4.69, 9.17) is 4.74 Å². The minimum absolute atomic E-state index is 0.0486. The molecule has 0 radical (unpaired) electrons. The van der Waals surface area contributed by atoms with Gasteiger partial charge in [-0.05, 0) is 31.2 Å². The highest BCUT2D eigenvalue weighted by Gasteiger charge is 2.31. The van der Waals surface area contributed by atoms with Gasteiger partial charge in [0.15, 0.2) is 0 Å². The zero-order valence-corrected chi connectivity index (χ0v) is 17.1. The van der Waals surface area contributed by atoms with E-state index in [0.29, 0.717) is 13.2 Å². The highest BCUT2D eigenvalue weighted by atomic mass is 32.2. The molecule has 0 unspecified atom stereocenters. The third-order valence-corrected chi connectivity index (χ3v) is 6.54. The third-order valence-electron chi connectivity index (χ3n) is 4.63. The molecule has 0 atom stereocenters. The fourth-order valence-electron chi connectivity index (χ4n) is 3.07. The lowest BCUT2D eigenvalue weighted by Gasteiger charge is -2.26. The molecule has 14 heteroatoms. The normalized spacial score (nSPS) is 15.2. The lowest BCUT2D eigenvalue weighted by molar-refractivity contribution is -0.386. The summed E-state index contributed by atoms with van der Waals surface area (Å²) < 4.78 is 58.5. The van der Waals surface area contributed by atoms with Crippen molar-refractivity contribution in [2.75, 3.05) is 31.6 Å². The van der Waals surface area contributed by atoms with Crippen LogP contribution in [0.2, 0.25) is 0 Å². The Balaban J connectivity index is 1.70. The van der Waals surface area contributed by atoms with Crippen molar-refractivity contribution >= 4 is 27.3 Å². The van der Waals surface area contributed by atoms with E-state index in [1.807, 2.05) is 0 Å². The van der Waals surface area contributed by atoms with Crippen molar-refractivity contribution in [2.45, 2.75) is 24.8 Å². The average molecular weight is 459 g/mol. The van der Waals surface area contributed by atoms with Gasteiger partial charge in [0.05, 0.1) is 23.0 Å². The molecule has 11 nitrogen and oxygen atoms in total. The number of nitrogens with zero attached hydrogens (tertiary/aromatic N) is 4. The monoisotopic (exact) mass is 459 g/mol. The van der Waals surface area contributed by atoms with Crippen molar-refractivity contribution < 1.29 is 31.7 Å². The van der Waals surface area contributed by atoms with E-state index in [1.54, 1.807) is 0 Å². The van der Waals surface area contributed by atoms with Crippen LogP contribution in [0.5, 0.6) is 0 Å². The Morgan fingerprint density at radius 1 is 1.29 bits per heavy atom. The standard InChI is InChI=1S/C17H19F2N5O6S/c1-11-16(24(26)27)15(17(18)19)21-23(11)10-14(25)20-12-2-4-13(5-3-12)31(28,29)22-6-8-30-9-7-22/h2-5,17H,6-10H2,1H3,(H,20,25). The number of benzene rings is 1. The van der Waals surface area contributed by atoms with Crippen LogP contribution in [0.4, 0.5) is 20.2 Å². The maximum atomic E-state index is 13.0. The fraction of sp³-hybridized carbons (Fsp3) is 0.412. The number of sulfonamides is 1. The number of morpholine rings is 1. The number of halogens is 2. The third kappa shape index (κ3) is 4.86. The number of hydrogen-bond acceptors (Lipinski definition) is 7. The summed E-state index contributed by atoms with van der Waals surface area (Å²) in [7, 11) is -3.69. The smallest absolute Gasteiger partial charge is 0.319 e. The van der Waals surface area contributed by atoms with Crippen LogP contribution in [-0.2, 0) is 26.1 Å². The van der Waals surface area contributed by atoms with Gasteiger partial charge in [-0.1, -0.05) is 0 Å². The van der Waals surface area contributed by atoms with E-state index in [0.717, 1.165) is 4.68 Å². The second-order valence-electron chi connectivity index (χ2n) is 6.62. The molecule has 31 heavy (non-hydrogen) atoms. The fourth-order valence-corrected chi connectivity index (χ4v) is 4.48. The second-order valence-corrected chi connectivity index (χ2v) is 8.56. The first-order chi connectivity index (χ1) is 14.6. The van der Waals surface area contributed by atoms with E-state index in [1.165, 1.54) is 35.5 Å². The molecule has 1 N–H and O–H groups in total. The summed E-state index contributed by atoms with van der Waals surface area (Å²) in [6, 6.07) is 5.43. The molecule has 1 amide bonds. The summed E-state index contributed by atoms with van der Waals surface area (Å²) in [6.45, 7) is 1.80. The first kappa shape index (κ1) is 22.7. The summed E-state index contributed by atoms with van der Waals surface area (Å²) in [5.41, 5.74) is -1.75. The molecule has 1 aliphatic heterocycles. The van der Waals surface area contributed by atoms with Crippen molar-refractivity contribution in [3.63, 3.8) is 0 Å². The van der Waals surface area contributed by atoms with Gasteiger partial charge in [0, 0.05) is 18.8 Å². The van der Waals surface area contributed by atoms with Crippen LogP contribution in [0, 0.1) is 17.0 Å². The molecule has 0 saturated carbocycles. The molecule has 0 aliphatic carbocycles. The Morgan fingerprint density at radius 3 is 2.42 bits per heavy atom. The highest BCUT2D eigenvalue weighted by Crippen LogP contribution is 2.30. The number of nitrogens with one attached hydrogen (secondary N) is 1. The Morgan fingerprint density at radius 2 is 1.90 bits per heavy atom. The van der Waals surface area contributed by atoms with Crippen molar-refractivity contribution in [1.82, 2.24) is 14.1 Å². The summed E-state index contributed by atoms with van der Waals surface area (Å²) >= 11 is 0. The first-order valence-electron chi connectivity index (χ1n) is 9.09. The van der Waals surface area contributed by atoms with Gasteiger partial charge in [0.2, 0.25) is 21.6 Å². The highest BCUT2D eigenvalue weighted by molar-refractivity contribution is 7.89. The molecule has 3 rings (SSSR count). The van der Waals surface area contributed by atoms with Gasteiger partial charge in [0.25, 0.3) is 6.43 Å². The Bertz CT molecular complexity index is 1080. The van der Waals surface area contributed by atoms with Gasteiger partial charge < -0.3 is 10.1 Å². The summed E-state index contributed by atoms with van der Waals surface area (Å²) in [4.78, 5) is 22.4. The zero-order chi connectivity index (χ0) is 22.8. The van der Waals surface area contributed by atoms with Crippen LogP contribution in [0.1, 0.15) is 17.8 Å². The van der Waals surface area contributed by atoms with E-state index >= 15 is 0 Å². The molecule has 1 aromatic heterocycles. The predicted molar refractivity (Wildman–Crippen MR) is 103 cm³/mol. The topological polar surface area (TPSA) is 137 Å². The van der Waals surface area contributed by atoms with Crippen LogP contribution < -0.4 is 5.32 Å². The Hall–Kier alpha value is -2.97. The molecule has 168 valence electrons. The number of rotatable bonds is 7. The largest absolute Gasteiger partial charge is 0.379 e. The molecule has 1 aliphatic rings. The number of carbonyl (C=O) groups excluding carboxylic acids is 1. The van der Waals surface area contributed by atoms with Crippen LogP contribution in [0.3, 0.4) is 0 Å². The second kappa shape index (κ2) is 9.03. The first-order valence-corrected chi connectivity index (χ1v) is 10.5. The molecule has 0 spiro atoms. The zero-order valence-electron chi connectivity index (χ0n) is 16.3. The number of aromatic nitrogens is 2. The number of hydrogen-bond donors (Lipinski definition) is 1. The van der Waals surface area contributed by atoms with Gasteiger partial charge >= 0.3 is 5.69 Å². The van der Waals surface area contributed by atoms with E-state index < -0.39 is 45.2 Å². The summed E-state index contributed by atoms with van der Waals surface area (Å²) in [6.07, 6.45) is -3.16. The maximum absolute atomic E-state index is 13.0. The average Bonchev–Trinajstić information content (AvgIpc) is 3.05. The van der Waals surface area contributed by atoms with Crippen LogP contribution in [0.25, 0.3) is 0 Å². The van der Waals surface area contributed by atoms with Crippen LogP contribution in [-0.4, -0.2) is 59.6 Å². The summed E-state index contributed by atoms with van der Waals surface area (Å²) in [5, 5.41) is 17.0. The van der Waals surface area contributed by atoms with E-state index in [-0.39, 0.29) is 29.4 Å². The molecule has 1 fully saturated rings. The molecule has 1 saturated heterocycles. The quantitative estimate of drug-likeness (QED) is 0.491. The number of alkyl halides is 2. The lowest BCUT2D eigenvalue weighted by atomic mass is 10.3. The van der Waals surface area contributed by atoms with Gasteiger partial charge in [-0.25, -0.2) is 17.2 Å². The van der Waals surface area contributed by atoms with E-state index in [9.17, 15) is 32.1 Å². The van der Waals surface area contributed by atoms with Gasteiger partial charge in [-0.2, -0.15) is 9.40 Å². The Labute approximate surface area is 175 Å². The minimum Gasteiger partial charge on any atom is -0.379 e. The molecule has 0 bridgehead atoms. The number of carbonyl (C=O) groups is 1. The predicted octanol–water partition coefficient (Wildman–Crippen LogP) is 1.70. The molecule has 2 aromatic rings. The number of amides is 1. The maximum Gasteiger partial charge on any atom is 0.319 e. The van der Waals surface area contributed by atoms with Gasteiger partial charge in [-0.15, -0.1) is 0 Å². The van der Waals surface area contributed by atoms with Crippen LogP contribution >= 0.6 is 0 Å².